The van der Waals surface area contributed by atoms with E-state index < -0.39 is 0 Å². The van der Waals surface area contributed by atoms with Crippen molar-refractivity contribution in [3.63, 3.8) is 0 Å². The second-order valence-electron chi connectivity index (χ2n) is 3.65. The zero-order chi connectivity index (χ0) is 14.1. The molecule has 0 bridgehead atoms. The third-order valence-electron chi connectivity index (χ3n) is 2.16. The number of aromatic nitrogens is 1. The fourth-order valence-corrected chi connectivity index (χ4v) is 1.54. The van der Waals surface area contributed by atoms with Gasteiger partial charge in [-0.3, -0.25) is 0 Å². The van der Waals surface area contributed by atoms with Gasteiger partial charge in [0.2, 0.25) is 0 Å². The Morgan fingerprint density at radius 2 is 2.05 bits per heavy atom. The molecule has 1 aromatic heterocycles. The van der Waals surface area contributed by atoms with Crippen LogP contribution in [0.25, 0.3) is 0 Å². The first-order chi connectivity index (χ1) is 9.15. The van der Waals surface area contributed by atoms with Crippen LogP contribution in [0.15, 0.2) is 18.3 Å². The van der Waals surface area contributed by atoms with E-state index >= 15 is 0 Å². The highest BCUT2D eigenvalue weighted by Gasteiger charge is 2.08. The molecule has 0 aliphatic carbocycles. The lowest BCUT2D eigenvalue weighted by Crippen LogP contribution is -2.37. The first-order valence-electron chi connectivity index (χ1n) is 6.15. The molecule has 1 heterocycles. The van der Waals surface area contributed by atoms with Crippen LogP contribution in [0.4, 0.5) is 11.5 Å². The molecule has 1 rings (SSSR count). The van der Waals surface area contributed by atoms with Crippen molar-refractivity contribution in [1.29, 1.82) is 0 Å². The minimum absolute atomic E-state index is 0.311. The summed E-state index contributed by atoms with van der Waals surface area (Å²) < 4.78 is 10.8. The Balaban J connectivity index is 2.35. The molecule has 4 N–H and O–H groups in total. The quantitative estimate of drug-likeness (QED) is 0.515. The standard InChI is InChI=1S/C12H20N4O2S/c1-3-17-11(18-4-2)8-15-12(19)16-10-6-5-9(13)7-14-10/h5-7,11H,3-4,8,13H2,1-2H3,(H2,14,15,16,19). The van der Waals surface area contributed by atoms with Crippen molar-refractivity contribution in [3.05, 3.63) is 18.3 Å². The molecule has 0 fully saturated rings. The molecular weight excluding hydrogens is 264 g/mol. The maximum Gasteiger partial charge on any atom is 0.174 e. The molecule has 0 aliphatic heterocycles. The highest BCUT2D eigenvalue weighted by Crippen LogP contribution is 2.05. The van der Waals surface area contributed by atoms with Crippen molar-refractivity contribution in [2.24, 2.45) is 0 Å². The number of hydrogen-bond donors (Lipinski definition) is 3. The van der Waals surface area contributed by atoms with Gasteiger partial charge in [0.25, 0.3) is 0 Å². The van der Waals surface area contributed by atoms with Gasteiger partial charge in [0.05, 0.1) is 18.4 Å². The summed E-state index contributed by atoms with van der Waals surface area (Å²) in [6.45, 7) is 5.49. The first-order valence-corrected chi connectivity index (χ1v) is 6.56. The van der Waals surface area contributed by atoms with Crippen molar-refractivity contribution in [3.8, 4) is 0 Å². The average molecular weight is 284 g/mol. The molecule has 0 spiro atoms. The van der Waals surface area contributed by atoms with Crippen molar-refractivity contribution in [2.75, 3.05) is 30.8 Å². The number of thiocarbonyl (C=S) groups is 1. The van der Waals surface area contributed by atoms with Crippen LogP contribution in [-0.2, 0) is 9.47 Å². The lowest BCUT2D eigenvalue weighted by molar-refractivity contribution is -0.130. The van der Waals surface area contributed by atoms with Gasteiger partial charge in [-0.1, -0.05) is 0 Å². The average Bonchev–Trinajstić information content (AvgIpc) is 2.39. The number of nitrogens with two attached hydrogens (primary N) is 1. The van der Waals surface area contributed by atoms with Crippen LogP contribution in [0.1, 0.15) is 13.8 Å². The SMILES string of the molecule is CCOC(CNC(=S)Nc1ccc(N)cn1)OCC. The zero-order valence-electron chi connectivity index (χ0n) is 11.2. The van der Waals surface area contributed by atoms with Gasteiger partial charge < -0.3 is 25.8 Å². The largest absolute Gasteiger partial charge is 0.397 e. The van der Waals surface area contributed by atoms with Crippen LogP contribution in [0.2, 0.25) is 0 Å². The van der Waals surface area contributed by atoms with Crippen LogP contribution in [0.3, 0.4) is 0 Å². The summed E-state index contributed by atoms with van der Waals surface area (Å²) >= 11 is 5.15. The molecule has 0 amide bonds. The van der Waals surface area contributed by atoms with E-state index in [1.165, 1.54) is 0 Å². The lowest BCUT2D eigenvalue weighted by Gasteiger charge is -2.18. The molecule has 0 atom stereocenters. The first kappa shape index (κ1) is 15.6. The highest BCUT2D eigenvalue weighted by molar-refractivity contribution is 7.80. The second-order valence-corrected chi connectivity index (χ2v) is 4.06. The number of anilines is 2. The summed E-state index contributed by atoms with van der Waals surface area (Å²) in [6.07, 6.45) is 1.25. The van der Waals surface area contributed by atoms with Gasteiger partial charge in [-0.25, -0.2) is 4.98 Å². The summed E-state index contributed by atoms with van der Waals surface area (Å²) in [4.78, 5) is 4.09. The number of ether oxygens (including phenoxy) is 2. The smallest absolute Gasteiger partial charge is 0.174 e. The molecular formula is C12H20N4O2S. The topological polar surface area (TPSA) is 81.4 Å². The highest BCUT2D eigenvalue weighted by atomic mass is 32.1. The Morgan fingerprint density at radius 1 is 1.37 bits per heavy atom. The van der Waals surface area contributed by atoms with E-state index in [9.17, 15) is 0 Å². The van der Waals surface area contributed by atoms with Gasteiger partial charge in [0.15, 0.2) is 11.4 Å². The molecule has 0 saturated carbocycles. The molecule has 0 saturated heterocycles. The number of nitrogen functional groups attached to an aromatic ring is 1. The number of pyridine rings is 1. The van der Waals surface area contributed by atoms with Crippen LogP contribution < -0.4 is 16.4 Å². The molecule has 0 aliphatic rings. The molecule has 19 heavy (non-hydrogen) atoms. The Morgan fingerprint density at radius 3 is 2.58 bits per heavy atom. The van der Waals surface area contributed by atoms with Gasteiger partial charge in [0.1, 0.15) is 5.82 Å². The summed E-state index contributed by atoms with van der Waals surface area (Å²) in [7, 11) is 0. The molecule has 1 aromatic rings. The third-order valence-corrected chi connectivity index (χ3v) is 2.41. The molecule has 0 unspecified atom stereocenters. The van der Waals surface area contributed by atoms with E-state index in [1.807, 2.05) is 13.8 Å². The predicted molar refractivity (Wildman–Crippen MR) is 79.9 cm³/mol. The van der Waals surface area contributed by atoms with Gasteiger partial charge in [-0.2, -0.15) is 0 Å². The van der Waals surface area contributed by atoms with Crippen molar-refractivity contribution in [2.45, 2.75) is 20.1 Å². The minimum atomic E-state index is -0.311. The van der Waals surface area contributed by atoms with Gasteiger partial charge >= 0.3 is 0 Å². The number of rotatable bonds is 7. The summed E-state index contributed by atoms with van der Waals surface area (Å²) in [5.41, 5.74) is 6.16. The van der Waals surface area contributed by atoms with Crippen LogP contribution in [0, 0.1) is 0 Å². The summed E-state index contributed by atoms with van der Waals surface area (Å²) in [5, 5.41) is 6.43. The minimum Gasteiger partial charge on any atom is -0.397 e. The fourth-order valence-electron chi connectivity index (χ4n) is 1.35. The summed E-state index contributed by atoms with van der Waals surface area (Å²) in [5.74, 6) is 0.635. The Hall–Kier alpha value is -1.44. The lowest BCUT2D eigenvalue weighted by atomic mass is 10.4. The van der Waals surface area contributed by atoms with E-state index in [0.717, 1.165) is 0 Å². The number of hydrogen-bond acceptors (Lipinski definition) is 5. The van der Waals surface area contributed by atoms with E-state index in [-0.39, 0.29) is 6.29 Å². The number of nitrogens with zero attached hydrogens (tertiary/aromatic N) is 1. The molecule has 7 heteroatoms. The van der Waals surface area contributed by atoms with Crippen LogP contribution in [0.5, 0.6) is 0 Å². The Bertz CT molecular complexity index is 380. The van der Waals surface area contributed by atoms with E-state index in [0.29, 0.717) is 36.4 Å². The molecule has 0 aromatic carbocycles. The third kappa shape index (κ3) is 6.32. The maximum atomic E-state index is 5.55. The van der Waals surface area contributed by atoms with Crippen LogP contribution >= 0.6 is 12.2 Å². The van der Waals surface area contributed by atoms with E-state index in [4.69, 9.17) is 27.4 Å². The van der Waals surface area contributed by atoms with Crippen molar-refractivity contribution < 1.29 is 9.47 Å². The van der Waals surface area contributed by atoms with Gasteiger partial charge in [-0.05, 0) is 38.2 Å². The number of nitrogens with one attached hydrogen (secondary N) is 2. The molecule has 106 valence electrons. The zero-order valence-corrected chi connectivity index (χ0v) is 12.0. The molecule has 0 radical (unpaired) electrons. The summed E-state index contributed by atoms with van der Waals surface area (Å²) in [6, 6.07) is 3.51. The van der Waals surface area contributed by atoms with E-state index in [2.05, 4.69) is 15.6 Å². The van der Waals surface area contributed by atoms with Crippen molar-refractivity contribution >= 4 is 28.8 Å². The predicted octanol–water partition coefficient (Wildman–Crippen LogP) is 1.35. The maximum absolute atomic E-state index is 5.55. The van der Waals surface area contributed by atoms with Crippen LogP contribution in [-0.4, -0.2) is 36.1 Å². The monoisotopic (exact) mass is 284 g/mol. The van der Waals surface area contributed by atoms with E-state index in [1.54, 1.807) is 18.3 Å². The Labute approximate surface area is 118 Å². The Kier molecular flexibility index (Phi) is 7.09. The normalized spacial score (nSPS) is 10.5. The fraction of sp³-hybridized carbons (Fsp3) is 0.500. The second kappa shape index (κ2) is 8.63. The van der Waals surface area contributed by atoms with Gasteiger partial charge in [-0.15, -0.1) is 0 Å². The molecule has 6 nitrogen and oxygen atoms in total. The van der Waals surface area contributed by atoms with Crippen molar-refractivity contribution in [1.82, 2.24) is 10.3 Å². The van der Waals surface area contributed by atoms with Gasteiger partial charge in [0, 0.05) is 13.2 Å².